The van der Waals surface area contributed by atoms with Crippen molar-refractivity contribution in [1.82, 2.24) is 10.2 Å². The van der Waals surface area contributed by atoms with Crippen LogP contribution in [0, 0.1) is 0 Å². The first-order valence-electron chi connectivity index (χ1n) is 5.67. The average molecular weight is 186 g/mol. The Balaban J connectivity index is 3.28. The van der Waals surface area contributed by atoms with Crippen LogP contribution >= 0.6 is 0 Å². The van der Waals surface area contributed by atoms with Gasteiger partial charge in [0.2, 0.25) is 0 Å². The Morgan fingerprint density at radius 3 is 2.31 bits per heavy atom. The molecule has 0 heterocycles. The van der Waals surface area contributed by atoms with Crippen molar-refractivity contribution in [3.8, 4) is 0 Å². The third kappa shape index (κ3) is 7.03. The normalized spacial score (nSPS) is 11.5. The molecule has 0 aliphatic carbocycles. The van der Waals surface area contributed by atoms with Crippen LogP contribution in [0.5, 0.6) is 0 Å². The maximum absolute atomic E-state index is 3.43. The quantitative estimate of drug-likeness (QED) is 0.584. The Morgan fingerprint density at radius 2 is 1.85 bits per heavy atom. The predicted molar refractivity (Wildman–Crippen MR) is 60.2 cm³/mol. The van der Waals surface area contributed by atoms with E-state index in [1.807, 2.05) is 0 Å². The van der Waals surface area contributed by atoms with E-state index in [0.717, 1.165) is 13.1 Å². The van der Waals surface area contributed by atoms with Gasteiger partial charge in [-0.3, -0.25) is 0 Å². The Bertz CT molecular complexity index is 102. The van der Waals surface area contributed by atoms with Crippen LogP contribution in [0.25, 0.3) is 0 Å². The standard InChI is InChI=1S/C11H26N2/c1-5-8-12-9-7-10-13(6-2)11(3)4/h11-12H,5-10H2,1-4H3. The minimum Gasteiger partial charge on any atom is -0.317 e. The molecule has 0 spiro atoms. The summed E-state index contributed by atoms with van der Waals surface area (Å²) in [6, 6.07) is 0.691. The zero-order valence-corrected chi connectivity index (χ0v) is 9.77. The number of hydrogen-bond acceptors (Lipinski definition) is 2. The molecule has 0 atom stereocenters. The third-order valence-corrected chi connectivity index (χ3v) is 2.36. The lowest BCUT2D eigenvalue weighted by atomic mass is 10.3. The fourth-order valence-corrected chi connectivity index (χ4v) is 1.49. The fraction of sp³-hybridized carbons (Fsp3) is 1.00. The lowest BCUT2D eigenvalue weighted by molar-refractivity contribution is 0.230. The molecule has 13 heavy (non-hydrogen) atoms. The minimum atomic E-state index is 0.691. The van der Waals surface area contributed by atoms with Crippen molar-refractivity contribution in [1.29, 1.82) is 0 Å². The molecule has 2 nitrogen and oxygen atoms in total. The summed E-state index contributed by atoms with van der Waals surface area (Å²) in [5.74, 6) is 0. The molecule has 80 valence electrons. The first kappa shape index (κ1) is 12.9. The highest BCUT2D eigenvalue weighted by atomic mass is 15.1. The van der Waals surface area contributed by atoms with Crippen molar-refractivity contribution in [2.24, 2.45) is 0 Å². The molecule has 0 amide bonds. The predicted octanol–water partition coefficient (Wildman–Crippen LogP) is 2.11. The van der Waals surface area contributed by atoms with Gasteiger partial charge in [0.05, 0.1) is 0 Å². The number of nitrogens with one attached hydrogen (secondary N) is 1. The van der Waals surface area contributed by atoms with Gasteiger partial charge in [-0.1, -0.05) is 13.8 Å². The molecule has 0 aromatic heterocycles. The van der Waals surface area contributed by atoms with Gasteiger partial charge in [-0.05, 0) is 52.9 Å². The van der Waals surface area contributed by atoms with Crippen molar-refractivity contribution in [2.45, 2.75) is 46.6 Å². The lowest BCUT2D eigenvalue weighted by Gasteiger charge is -2.24. The molecule has 1 N–H and O–H groups in total. The monoisotopic (exact) mass is 186 g/mol. The summed E-state index contributed by atoms with van der Waals surface area (Å²) >= 11 is 0. The topological polar surface area (TPSA) is 15.3 Å². The SMILES string of the molecule is CCCNCCCN(CC)C(C)C. The van der Waals surface area contributed by atoms with Gasteiger partial charge in [0, 0.05) is 6.04 Å². The zero-order chi connectivity index (χ0) is 10.1. The summed E-state index contributed by atoms with van der Waals surface area (Å²) in [6.45, 7) is 13.7. The highest BCUT2D eigenvalue weighted by molar-refractivity contribution is 4.61. The number of nitrogens with zero attached hydrogens (tertiary/aromatic N) is 1. The summed E-state index contributed by atoms with van der Waals surface area (Å²) in [7, 11) is 0. The van der Waals surface area contributed by atoms with Gasteiger partial charge < -0.3 is 10.2 Å². The van der Waals surface area contributed by atoms with Crippen LogP contribution in [0.3, 0.4) is 0 Å². The van der Waals surface area contributed by atoms with Crippen molar-refractivity contribution in [2.75, 3.05) is 26.2 Å². The van der Waals surface area contributed by atoms with Crippen LogP contribution in [0.4, 0.5) is 0 Å². The second-order valence-electron chi connectivity index (χ2n) is 3.83. The number of rotatable bonds is 8. The minimum absolute atomic E-state index is 0.691. The second kappa shape index (κ2) is 8.52. The van der Waals surface area contributed by atoms with Gasteiger partial charge >= 0.3 is 0 Å². The van der Waals surface area contributed by atoms with Crippen molar-refractivity contribution in [3.05, 3.63) is 0 Å². The van der Waals surface area contributed by atoms with Crippen LogP contribution in [-0.4, -0.2) is 37.1 Å². The van der Waals surface area contributed by atoms with Crippen LogP contribution in [0.1, 0.15) is 40.5 Å². The summed E-state index contributed by atoms with van der Waals surface area (Å²) in [6.07, 6.45) is 2.51. The van der Waals surface area contributed by atoms with Gasteiger partial charge in [-0.15, -0.1) is 0 Å². The van der Waals surface area contributed by atoms with E-state index in [-0.39, 0.29) is 0 Å². The van der Waals surface area contributed by atoms with Crippen LogP contribution in [0.15, 0.2) is 0 Å². The van der Waals surface area contributed by atoms with Crippen LogP contribution in [0.2, 0.25) is 0 Å². The number of hydrogen-bond donors (Lipinski definition) is 1. The Hall–Kier alpha value is -0.0800. The molecule has 0 aromatic carbocycles. The molecular formula is C11H26N2. The van der Waals surface area contributed by atoms with Gasteiger partial charge in [0.1, 0.15) is 0 Å². The molecule has 0 rings (SSSR count). The molecular weight excluding hydrogens is 160 g/mol. The maximum atomic E-state index is 3.43. The van der Waals surface area contributed by atoms with Crippen molar-refractivity contribution in [3.63, 3.8) is 0 Å². The van der Waals surface area contributed by atoms with E-state index in [1.54, 1.807) is 0 Å². The van der Waals surface area contributed by atoms with Gasteiger partial charge in [0.15, 0.2) is 0 Å². The van der Waals surface area contributed by atoms with Crippen LogP contribution < -0.4 is 5.32 Å². The van der Waals surface area contributed by atoms with E-state index in [4.69, 9.17) is 0 Å². The summed E-state index contributed by atoms with van der Waals surface area (Å²) in [5, 5.41) is 3.43. The molecule has 0 aliphatic rings. The van der Waals surface area contributed by atoms with E-state index < -0.39 is 0 Å². The van der Waals surface area contributed by atoms with E-state index in [2.05, 4.69) is 37.9 Å². The lowest BCUT2D eigenvalue weighted by Crippen LogP contribution is -2.33. The Labute approximate surface area is 83.7 Å². The Kier molecular flexibility index (Phi) is 8.46. The maximum Gasteiger partial charge on any atom is 0.00384 e. The molecule has 0 aliphatic heterocycles. The van der Waals surface area contributed by atoms with E-state index in [9.17, 15) is 0 Å². The average Bonchev–Trinajstić information content (AvgIpc) is 2.10. The van der Waals surface area contributed by atoms with E-state index in [1.165, 1.54) is 25.9 Å². The largest absolute Gasteiger partial charge is 0.317 e. The molecule has 0 fully saturated rings. The molecule has 2 heteroatoms. The van der Waals surface area contributed by atoms with Gasteiger partial charge in [-0.2, -0.15) is 0 Å². The zero-order valence-electron chi connectivity index (χ0n) is 9.77. The summed E-state index contributed by atoms with van der Waals surface area (Å²) in [4.78, 5) is 2.51. The molecule has 0 bridgehead atoms. The fourth-order valence-electron chi connectivity index (χ4n) is 1.49. The van der Waals surface area contributed by atoms with E-state index in [0.29, 0.717) is 6.04 Å². The molecule has 0 unspecified atom stereocenters. The van der Waals surface area contributed by atoms with Crippen molar-refractivity contribution < 1.29 is 0 Å². The molecule has 0 aromatic rings. The molecule has 0 saturated heterocycles. The smallest absolute Gasteiger partial charge is 0.00384 e. The van der Waals surface area contributed by atoms with Gasteiger partial charge in [0.25, 0.3) is 0 Å². The second-order valence-corrected chi connectivity index (χ2v) is 3.83. The molecule has 0 saturated carbocycles. The summed E-state index contributed by atoms with van der Waals surface area (Å²) in [5.41, 5.74) is 0. The Morgan fingerprint density at radius 1 is 1.15 bits per heavy atom. The first-order chi connectivity index (χ1) is 6.22. The third-order valence-electron chi connectivity index (χ3n) is 2.36. The van der Waals surface area contributed by atoms with Gasteiger partial charge in [-0.25, -0.2) is 0 Å². The van der Waals surface area contributed by atoms with E-state index >= 15 is 0 Å². The first-order valence-corrected chi connectivity index (χ1v) is 5.67. The highest BCUT2D eigenvalue weighted by Crippen LogP contribution is 1.97. The summed E-state index contributed by atoms with van der Waals surface area (Å²) < 4.78 is 0. The van der Waals surface area contributed by atoms with Crippen LogP contribution in [-0.2, 0) is 0 Å². The van der Waals surface area contributed by atoms with Crippen molar-refractivity contribution >= 4 is 0 Å². The molecule has 0 radical (unpaired) electrons. The highest BCUT2D eigenvalue weighted by Gasteiger charge is 2.04.